The van der Waals surface area contributed by atoms with Crippen molar-refractivity contribution in [3.63, 3.8) is 0 Å². The Morgan fingerprint density at radius 1 is 1.15 bits per heavy atom. The zero-order valence-corrected chi connectivity index (χ0v) is 18.3. The predicted octanol–water partition coefficient (Wildman–Crippen LogP) is -0.441. The van der Waals surface area contributed by atoms with Crippen LogP contribution in [0.3, 0.4) is 0 Å². The number of aliphatic hydroxyl groups excluding tert-OH is 3. The third kappa shape index (κ3) is 4.17. The van der Waals surface area contributed by atoms with E-state index < -0.39 is 36.7 Å². The number of aromatic nitrogens is 4. The minimum Gasteiger partial charge on any atom is -0.394 e. The van der Waals surface area contributed by atoms with E-state index in [4.69, 9.17) is 10.5 Å². The number of anilines is 2. The molecule has 0 amide bonds. The van der Waals surface area contributed by atoms with Gasteiger partial charge in [-0.25, -0.2) is 4.98 Å². The molecular weight excluding hydrogens is 428 g/mol. The summed E-state index contributed by atoms with van der Waals surface area (Å²) in [5.41, 5.74) is 6.93. The maximum Gasteiger partial charge on any atom is 0.280 e. The largest absolute Gasteiger partial charge is 0.394 e. The SMILES string of the molecule is CCN(CC)c1ccc(C#Cc2nc3c(=O)[nH]c(N)nc3n2[C@@H]2O[C@H](CO)[C@@H](O)[C@H]2O)cc1. The molecule has 0 bridgehead atoms. The van der Waals surface area contributed by atoms with Gasteiger partial charge in [0.1, 0.15) is 18.3 Å². The lowest BCUT2D eigenvalue weighted by Gasteiger charge is -2.20. The van der Waals surface area contributed by atoms with Crippen molar-refractivity contribution < 1.29 is 20.1 Å². The first-order valence-electron chi connectivity index (χ1n) is 10.6. The molecule has 6 N–H and O–H groups in total. The van der Waals surface area contributed by atoms with Crippen molar-refractivity contribution in [3.8, 4) is 11.8 Å². The number of rotatable bonds is 5. The Kier molecular flexibility index (Phi) is 6.35. The molecule has 11 heteroatoms. The number of nitrogens with two attached hydrogens (primary N) is 1. The van der Waals surface area contributed by atoms with Crippen molar-refractivity contribution in [2.75, 3.05) is 30.3 Å². The highest BCUT2D eigenvalue weighted by Crippen LogP contribution is 2.32. The van der Waals surface area contributed by atoms with Gasteiger partial charge in [-0.3, -0.25) is 14.3 Å². The van der Waals surface area contributed by atoms with Crippen LogP contribution in [-0.2, 0) is 4.74 Å². The van der Waals surface area contributed by atoms with E-state index in [0.29, 0.717) is 5.56 Å². The van der Waals surface area contributed by atoms with E-state index in [0.717, 1.165) is 18.8 Å². The zero-order valence-electron chi connectivity index (χ0n) is 18.3. The van der Waals surface area contributed by atoms with Crippen LogP contribution < -0.4 is 16.2 Å². The summed E-state index contributed by atoms with van der Waals surface area (Å²) >= 11 is 0. The topological polar surface area (TPSA) is 163 Å². The number of hydrogen-bond donors (Lipinski definition) is 5. The maximum atomic E-state index is 12.4. The third-order valence-corrected chi connectivity index (χ3v) is 5.66. The Morgan fingerprint density at radius 3 is 2.45 bits per heavy atom. The Hall–Kier alpha value is -3.43. The van der Waals surface area contributed by atoms with Crippen molar-refractivity contribution in [2.45, 2.75) is 38.4 Å². The van der Waals surface area contributed by atoms with E-state index in [1.165, 1.54) is 4.57 Å². The summed E-state index contributed by atoms with van der Waals surface area (Å²) in [5, 5.41) is 30.2. The average molecular weight is 454 g/mol. The van der Waals surface area contributed by atoms with Gasteiger partial charge in [-0.15, -0.1) is 0 Å². The van der Waals surface area contributed by atoms with E-state index in [2.05, 4.69) is 45.5 Å². The summed E-state index contributed by atoms with van der Waals surface area (Å²) in [6.45, 7) is 5.45. The summed E-state index contributed by atoms with van der Waals surface area (Å²) in [7, 11) is 0. The van der Waals surface area contributed by atoms with E-state index in [1.54, 1.807) is 0 Å². The molecule has 3 aromatic rings. The average Bonchev–Trinajstić information content (AvgIpc) is 3.31. The summed E-state index contributed by atoms with van der Waals surface area (Å²) in [6, 6.07) is 7.70. The van der Waals surface area contributed by atoms with Crippen LogP contribution in [0.25, 0.3) is 11.2 Å². The van der Waals surface area contributed by atoms with Crippen LogP contribution in [0.1, 0.15) is 31.5 Å². The van der Waals surface area contributed by atoms with Gasteiger partial charge in [-0.2, -0.15) is 4.98 Å². The first-order chi connectivity index (χ1) is 15.9. The van der Waals surface area contributed by atoms with Crippen molar-refractivity contribution in [2.24, 2.45) is 0 Å². The van der Waals surface area contributed by atoms with Crippen LogP contribution in [-0.4, -0.2) is 72.8 Å². The highest BCUT2D eigenvalue weighted by atomic mass is 16.6. The number of aromatic amines is 1. The molecule has 0 saturated carbocycles. The Bertz CT molecular complexity index is 1250. The molecular formula is C22H26N6O5. The van der Waals surface area contributed by atoms with E-state index in [1.807, 2.05) is 24.3 Å². The van der Waals surface area contributed by atoms with Gasteiger partial charge in [0.05, 0.1) is 6.61 Å². The second-order valence-electron chi connectivity index (χ2n) is 7.63. The number of imidazole rings is 1. The van der Waals surface area contributed by atoms with Gasteiger partial charge < -0.3 is 30.7 Å². The minimum absolute atomic E-state index is 0.0388. The fourth-order valence-electron chi connectivity index (χ4n) is 3.90. The van der Waals surface area contributed by atoms with Crippen LogP contribution >= 0.6 is 0 Å². The fourth-order valence-corrected chi connectivity index (χ4v) is 3.90. The Labute approximate surface area is 189 Å². The third-order valence-electron chi connectivity index (χ3n) is 5.66. The van der Waals surface area contributed by atoms with Crippen LogP contribution in [0.2, 0.25) is 0 Å². The van der Waals surface area contributed by atoms with Crippen molar-refractivity contribution in [1.29, 1.82) is 0 Å². The number of aliphatic hydroxyl groups is 3. The molecule has 0 unspecified atom stereocenters. The van der Waals surface area contributed by atoms with Crippen LogP contribution in [0, 0.1) is 11.8 Å². The predicted molar refractivity (Wildman–Crippen MR) is 122 cm³/mol. The van der Waals surface area contributed by atoms with Crippen molar-refractivity contribution in [3.05, 3.63) is 46.0 Å². The normalized spacial score (nSPS) is 22.3. The number of nitrogen functional groups attached to an aromatic ring is 1. The molecule has 0 spiro atoms. The number of H-pyrrole nitrogens is 1. The number of nitrogens with zero attached hydrogens (tertiary/aromatic N) is 4. The Morgan fingerprint density at radius 2 is 1.85 bits per heavy atom. The number of nitrogens with one attached hydrogen (secondary N) is 1. The van der Waals surface area contributed by atoms with Crippen LogP contribution in [0.5, 0.6) is 0 Å². The van der Waals surface area contributed by atoms with Gasteiger partial charge in [-0.05, 0) is 44.0 Å². The van der Waals surface area contributed by atoms with Gasteiger partial charge in [0.2, 0.25) is 5.95 Å². The van der Waals surface area contributed by atoms with E-state index in [-0.39, 0.29) is 22.9 Å². The lowest BCUT2D eigenvalue weighted by atomic mass is 10.1. The molecule has 11 nitrogen and oxygen atoms in total. The monoisotopic (exact) mass is 454 g/mol. The quantitative estimate of drug-likeness (QED) is 0.322. The van der Waals surface area contributed by atoms with Crippen molar-refractivity contribution in [1.82, 2.24) is 19.5 Å². The van der Waals surface area contributed by atoms with Crippen LogP contribution in [0.4, 0.5) is 11.6 Å². The first-order valence-corrected chi connectivity index (χ1v) is 10.6. The summed E-state index contributed by atoms with van der Waals surface area (Å²) in [4.78, 5) is 25.4. The molecule has 1 saturated heterocycles. The van der Waals surface area contributed by atoms with Gasteiger partial charge in [-0.1, -0.05) is 5.92 Å². The molecule has 1 fully saturated rings. The smallest absolute Gasteiger partial charge is 0.280 e. The maximum absolute atomic E-state index is 12.4. The summed E-state index contributed by atoms with van der Waals surface area (Å²) in [6.07, 6.45) is -4.94. The second-order valence-corrected chi connectivity index (χ2v) is 7.63. The van der Waals surface area contributed by atoms with Crippen LogP contribution in [0.15, 0.2) is 29.1 Å². The standard InChI is InChI=1S/C22H26N6O5/c1-3-27(4-2)13-8-5-12(6-9-13)7-10-15-24-16-19(25-22(23)26-20(16)32)28(15)21-18(31)17(30)14(11-29)33-21/h5-6,8-9,14,17-18,21,29-31H,3-4,11H2,1-2H3,(H3,23,25,26,32)/t14-,17-,18-,21-/m1/s1. The second kappa shape index (κ2) is 9.21. The molecule has 174 valence electrons. The first kappa shape index (κ1) is 22.8. The summed E-state index contributed by atoms with van der Waals surface area (Å²) < 4.78 is 6.95. The number of ether oxygens (including phenoxy) is 1. The van der Waals surface area contributed by atoms with Crippen molar-refractivity contribution >= 4 is 22.8 Å². The molecule has 1 aliphatic rings. The van der Waals surface area contributed by atoms with Gasteiger partial charge in [0.15, 0.2) is 23.2 Å². The number of benzene rings is 1. The van der Waals surface area contributed by atoms with E-state index >= 15 is 0 Å². The van der Waals surface area contributed by atoms with Gasteiger partial charge >= 0.3 is 0 Å². The lowest BCUT2D eigenvalue weighted by molar-refractivity contribution is -0.0514. The fraction of sp³-hybridized carbons (Fsp3) is 0.409. The highest BCUT2D eigenvalue weighted by molar-refractivity contribution is 5.73. The van der Waals surface area contributed by atoms with Gasteiger partial charge in [0, 0.05) is 24.3 Å². The molecule has 0 aliphatic carbocycles. The molecule has 33 heavy (non-hydrogen) atoms. The zero-order chi connectivity index (χ0) is 23.7. The molecule has 2 aromatic heterocycles. The summed E-state index contributed by atoms with van der Waals surface area (Å²) in [5.74, 6) is 5.86. The molecule has 1 aliphatic heterocycles. The van der Waals surface area contributed by atoms with Gasteiger partial charge in [0.25, 0.3) is 5.56 Å². The molecule has 0 radical (unpaired) electrons. The number of fused-ring (bicyclic) bond motifs is 1. The minimum atomic E-state index is -1.41. The lowest BCUT2D eigenvalue weighted by Crippen LogP contribution is -2.33. The molecule has 4 atom stereocenters. The molecule has 3 heterocycles. The number of hydrogen-bond acceptors (Lipinski definition) is 9. The molecule has 1 aromatic carbocycles. The Balaban J connectivity index is 1.78. The molecule has 4 rings (SSSR count). The van der Waals surface area contributed by atoms with E-state index in [9.17, 15) is 20.1 Å². The highest BCUT2D eigenvalue weighted by Gasteiger charge is 2.45.